The zero-order valence-electron chi connectivity index (χ0n) is 9.50. The molecule has 0 aromatic heterocycles. The topological polar surface area (TPSA) is 35.5 Å². The summed E-state index contributed by atoms with van der Waals surface area (Å²) < 4.78 is 0. The van der Waals surface area contributed by atoms with E-state index < -0.39 is 0 Å². The van der Waals surface area contributed by atoms with Crippen LogP contribution >= 0.6 is 0 Å². The van der Waals surface area contributed by atoms with Crippen molar-refractivity contribution in [3.8, 4) is 0 Å². The molecule has 0 aromatic rings. The van der Waals surface area contributed by atoms with Crippen LogP contribution in [0.1, 0.15) is 13.8 Å². The normalized spacial score (nSPS) is 11.2. The lowest BCUT2D eigenvalue weighted by molar-refractivity contribution is 0.208. The molecule has 0 saturated carbocycles. The third kappa shape index (κ3) is 8.23. The summed E-state index contributed by atoms with van der Waals surface area (Å²) in [7, 11) is 0. The second kappa shape index (κ2) is 9.19. The Labute approximate surface area is 87.8 Å². The Morgan fingerprint density at radius 1 is 1.43 bits per heavy atom. The molecule has 14 heavy (non-hydrogen) atoms. The summed E-state index contributed by atoms with van der Waals surface area (Å²) in [5.41, 5.74) is 0. The SMILES string of the molecule is C=CCN(CCO)CCNCC(C)C. The standard InChI is InChI=1S/C11H24N2O/c1-4-6-13(8-9-14)7-5-12-10-11(2)3/h4,11-12,14H,1,5-10H2,2-3H3. The molecule has 0 bridgehead atoms. The Kier molecular flexibility index (Phi) is 8.94. The number of aliphatic hydroxyl groups excluding tert-OH is 1. The van der Waals surface area contributed by atoms with Gasteiger partial charge in [0.25, 0.3) is 0 Å². The van der Waals surface area contributed by atoms with Crippen molar-refractivity contribution in [1.29, 1.82) is 0 Å². The van der Waals surface area contributed by atoms with Gasteiger partial charge in [0.15, 0.2) is 0 Å². The van der Waals surface area contributed by atoms with Gasteiger partial charge in [-0.15, -0.1) is 6.58 Å². The molecule has 3 nitrogen and oxygen atoms in total. The molecule has 3 heteroatoms. The van der Waals surface area contributed by atoms with Crippen LogP contribution in [0.15, 0.2) is 12.7 Å². The first-order chi connectivity index (χ1) is 6.70. The van der Waals surface area contributed by atoms with Gasteiger partial charge >= 0.3 is 0 Å². The average Bonchev–Trinajstić information content (AvgIpc) is 2.12. The van der Waals surface area contributed by atoms with Crippen molar-refractivity contribution in [1.82, 2.24) is 10.2 Å². The highest BCUT2D eigenvalue weighted by molar-refractivity contribution is 4.73. The van der Waals surface area contributed by atoms with E-state index >= 15 is 0 Å². The fraction of sp³-hybridized carbons (Fsp3) is 0.818. The van der Waals surface area contributed by atoms with E-state index in [4.69, 9.17) is 5.11 Å². The minimum absolute atomic E-state index is 0.220. The molecule has 0 aliphatic carbocycles. The fourth-order valence-corrected chi connectivity index (χ4v) is 1.25. The van der Waals surface area contributed by atoms with Crippen LogP contribution in [-0.2, 0) is 0 Å². The first kappa shape index (κ1) is 13.6. The van der Waals surface area contributed by atoms with E-state index in [1.54, 1.807) is 0 Å². The summed E-state index contributed by atoms with van der Waals surface area (Å²) >= 11 is 0. The zero-order valence-corrected chi connectivity index (χ0v) is 9.50. The molecule has 0 heterocycles. The zero-order chi connectivity index (χ0) is 10.8. The monoisotopic (exact) mass is 200 g/mol. The van der Waals surface area contributed by atoms with Gasteiger partial charge in [0.1, 0.15) is 0 Å². The molecule has 2 N–H and O–H groups in total. The maximum Gasteiger partial charge on any atom is 0.0558 e. The molecule has 0 atom stereocenters. The van der Waals surface area contributed by atoms with Crippen LogP contribution < -0.4 is 5.32 Å². The lowest BCUT2D eigenvalue weighted by Gasteiger charge is -2.19. The summed E-state index contributed by atoms with van der Waals surface area (Å²) in [4.78, 5) is 2.18. The predicted octanol–water partition coefficient (Wildman–Crippen LogP) is 0.712. The van der Waals surface area contributed by atoms with Gasteiger partial charge in [0.05, 0.1) is 6.61 Å². The summed E-state index contributed by atoms with van der Waals surface area (Å²) in [6, 6.07) is 0. The van der Waals surface area contributed by atoms with Crippen molar-refractivity contribution < 1.29 is 5.11 Å². The third-order valence-electron chi connectivity index (χ3n) is 1.96. The number of hydrogen-bond acceptors (Lipinski definition) is 3. The molecule has 0 radical (unpaired) electrons. The number of hydrogen-bond donors (Lipinski definition) is 2. The largest absolute Gasteiger partial charge is 0.395 e. The van der Waals surface area contributed by atoms with Crippen LogP contribution in [0.3, 0.4) is 0 Å². The van der Waals surface area contributed by atoms with Crippen LogP contribution in [0, 0.1) is 5.92 Å². The van der Waals surface area contributed by atoms with E-state index in [1.807, 2.05) is 6.08 Å². The Balaban J connectivity index is 3.44. The number of aliphatic hydroxyl groups is 1. The molecule has 0 aliphatic heterocycles. The summed E-state index contributed by atoms with van der Waals surface area (Å²) in [5, 5.41) is 12.2. The predicted molar refractivity (Wildman–Crippen MR) is 61.4 cm³/mol. The second-order valence-corrected chi connectivity index (χ2v) is 3.91. The van der Waals surface area contributed by atoms with Gasteiger partial charge < -0.3 is 10.4 Å². The Hall–Kier alpha value is -0.380. The van der Waals surface area contributed by atoms with Crippen molar-refractivity contribution in [3.05, 3.63) is 12.7 Å². The highest BCUT2D eigenvalue weighted by Gasteiger charge is 2.01. The number of nitrogens with one attached hydrogen (secondary N) is 1. The van der Waals surface area contributed by atoms with Crippen molar-refractivity contribution in [2.24, 2.45) is 5.92 Å². The van der Waals surface area contributed by atoms with E-state index in [0.717, 1.165) is 32.7 Å². The van der Waals surface area contributed by atoms with Gasteiger partial charge in [-0.25, -0.2) is 0 Å². The van der Waals surface area contributed by atoms with Gasteiger partial charge in [0, 0.05) is 26.2 Å². The highest BCUT2D eigenvalue weighted by Crippen LogP contribution is 1.89. The minimum Gasteiger partial charge on any atom is -0.395 e. The lowest BCUT2D eigenvalue weighted by atomic mass is 10.2. The van der Waals surface area contributed by atoms with Gasteiger partial charge in [-0.05, 0) is 12.5 Å². The fourth-order valence-electron chi connectivity index (χ4n) is 1.25. The molecule has 0 aromatic carbocycles. The first-order valence-electron chi connectivity index (χ1n) is 5.35. The molecule has 0 amide bonds. The molecular weight excluding hydrogens is 176 g/mol. The molecule has 84 valence electrons. The van der Waals surface area contributed by atoms with Crippen LogP contribution in [0.25, 0.3) is 0 Å². The van der Waals surface area contributed by atoms with Gasteiger partial charge in [-0.3, -0.25) is 4.90 Å². The highest BCUT2D eigenvalue weighted by atomic mass is 16.3. The lowest BCUT2D eigenvalue weighted by Crippen LogP contribution is -2.35. The smallest absolute Gasteiger partial charge is 0.0558 e. The minimum atomic E-state index is 0.220. The van der Waals surface area contributed by atoms with E-state index in [0.29, 0.717) is 5.92 Å². The van der Waals surface area contributed by atoms with E-state index in [9.17, 15) is 0 Å². The number of nitrogens with zero attached hydrogens (tertiary/aromatic N) is 1. The quantitative estimate of drug-likeness (QED) is 0.425. The third-order valence-corrected chi connectivity index (χ3v) is 1.96. The van der Waals surface area contributed by atoms with Gasteiger partial charge in [0.2, 0.25) is 0 Å². The van der Waals surface area contributed by atoms with Gasteiger partial charge in [-0.1, -0.05) is 19.9 Å². The molecule has 0 rings (SSSR count). The first-order valence-corrected chi connectivity index (χ1v) is 5.35. The van der Waals surface area contributed by atoms with Crippen molar-refractivity contribution in [3.63, 3.8) is 0 Å². The van der Waals surface area contributed by atoms with Crippen LogP contribution in [0.5, 0.6) is 0 Å². The molecule has 0 fully saturated rings. The summed E-state index contributed by atoms with van der Waals surface area (Å²) in [6.45, 7) is 12.9. The summed E-state index contributed by atoms with van der Waals surface area (Å²) in [5.74, 6) is 0.695. The van der Waals surface area contributed by atoms with Crippen molar-refractivity contribution in [2.75, 3.05) is 39.3 Å². The second-order valence-electron chi connectivity index (χ2n) is 3.91. The number of rotatable bonds is 9. The Morgan fingerprint density at radius 3 is 2.64 bits per heavy atom. The Bertz CT molecular complexity index is 137. The maximum atomic E-state index is 8.81. The van der Waals surface area contributed by atoms with Crippen molar-refractivity contribution >= 4 is 0 Å². The Morgan fingerprint density at radius 2 is 2.14 bits per heavy atom. The average molecular weight is 200 g/mol. The van der Waals surface area contributed by atoms with E-state index in [1.165, 1.54) is 0 Å². The van der Waals surface area contributed by atoms with Crippen molar-refractivity contribution in [2.45, 2.75) is 13.8 Å². The maximum absolute atomic E-state index is 8.81. The summed E-state index contributed by atoms with van der Waals surface area (Å²) in [6.07, 6.45) is 1.87. The molecule has 0 saturated heterocycles. The van der Waals surface area contributed by atoms with Crippen LogP contribution in [0.4, 0.5) is 0 Å². The molecule has 0 unspecified atom stereocenters. The van der Waals surface area contributed by atoms with Gasteiger partial charge in [-0.2, -0.15) is 0 Å². The molecular formula is C11H24N2O. The molecule has 0 spiro atoms. The van der Waals surface area contributed by atoms with E-state index in [-0.39, 0.29) is 6.61 Å². The van der Waals surface area contributed by atoms with E-state index in [2.05, 4.69) is 30.6 Å². The molecule has 0 aliphatic rings. The van der Waals surface area contributed by atoms with Crippen LogP contribution in [-0.4, -0.2) is 49.3 Å². The van der Waals surface area contributed by atoms with Crippen LogP contribution in [0.2, 0.25) is 0 Å².